The van der Waals surface area contributed by atoms with Gasteiger partial charge in [-0.15, -0.1) is 11.6 Å². The zero-order valence-electron chi connectivity index (χ0n) is 19.1. The first-order valence-corrected chi connectivity index (χ1v) is 11.5. The molecule has 1 aromatic carbocycles. The molecule has 6 nitrogen and oxygen atoms in total. The Labute approximate surface area is 194 Å². The van der Waals surface area contributed by atoms with Crippen LogP contribution >= 0.6 is 11.6 Å². The molecule has 1 saturated heterocycles. The molecule has 174 valence electrons. The number of amides is 2. The van der Waals surface area contributed by atoms with Gasteiger partial charge in [-0.1, -0.05) is 52.0 Å². The van der Waals surface area contributed by atoms with Crippen molar-refractivity contribution in [2.75, 3.05) is 13.1 Å². The number of phenolic OH excluding ortho intramolecular Hbond substituents is 1. The van der Waals surface area contributed by atoms with Gasteiger partial charge in [-0.25, -0.2) is 0 Å². The minimum Gasteiger partial charge on any atom is -0.508 e. The third kappa shape index (κ3) is 4.86. The Morgan fingerprint density at radius 1 is 1.28 bits per heavy atom. The topological polar surface area (TPSA) is 89.9 Å². The van der Waals surface area contributed by atoms with Crippen molar-refractivity contribution in [1.29, 1.82) is 0 Å². The van der Waals surface area contributed by atoms with E-state index in [1.54, 1.807) is 17.0 Å². The molecule has 1 aromatic rings. The molecule has 2 aliphatic rings. The smallest absolute Gasteiger partial charge is 0.252 e. The summed E-state index contributed by atoms with van der Waals surface area (Å²) in [6.07, 6.45) is 6.86. The number of carbonyl (C=O) groups is 2. The van der Waals surface area contributed by atoms with E-state index in [0.717, 1.165) is 5.57 Å². The van der Waals surface area contributed by atoms with E-state index in [-0.39, 0.29) is 23.0 Å². The molecule has 3 N–H and O–H groups in total. The van der Waals surface area contributed by atoms with E-state index in [1.807, 2.05) is 45.9 Å². The van der Waals surface area contributed by atoms with Crippen LogP contribution in [0.4, 0.5) is 0 Å². The van der Waals surface area contributed by atoms with Crippen LogP contribution in [0.2, 0.25) is 0 Å². The Hall–Kier alpha value is -2.31. The lowest BCUT2D eigenvalue weighted by molar-refractivity contribution is -0.147. The van der Waals surface area contributed by atoms with E-state index in [4.69, 9.17) is 11.6 Å². The van der Waals surface area contributed by atoms with Crippen molar-refractivity contribution in [3.63, 3.8) is 0 Å². The van der Waals surface area contributed by atoms with Crippen LogP contribution in [0.15, 0.2) is 48.1 Å². The molecule has 0 spiro atoms. The van der Waals surface area contributed by atoms with Gasteiger partial charge in [0.05, 0.1) is 11.0 Å². The highest BCUT2D eigenvalue weighted by molar-refractivity contribution is 6.22. The van der Waals surface area contributed by atoms with E-state index in [9.17, 15) is 19.8 Å². The fourth-order valence-electron chi connectivity index (χ4n) is 4.53. The number of carbonyl (C=O) groups excluding carboxylic acids is 2. The first-order chi connectivity index (χ1) is 14.9. The normalized spacial score (nSPS) is 25.9. The summed E-state index contributed by atoms with van der Waals surface area (Å²) in [5.74, 6) is -0.711. The molecule has 2 amide bonds. The number of aromatic hydroxyl groups is 1. The van der Waals surface area contributed by atoms with Crippen molar-refractivity contribution >= 4 is 23.4 Å². The first kappa shape index (κ1) is 24.3. The summed E-state index contributed by atoms with van der Waals surface area (Å²) >= 11 is 6.15. The Kier molecular flexibility index (Phi) is 7.06. The van der Waals surface area contributed by atoms with E-state index in [1.165, 1.54) is 12.1 Å². The summed E-state index contributed by atoms with van der Waals surface area (Å²) in [6, 6.07) is 5.34. The minimum absolute atomic E-state index is 0.00584. The number of benzene rings is 1. The number of allylic oxidation sites excluding steroid dienone is 2. The van der Waals surface area contributed by atoms with Crippen LogP contribution in [0, 0.1) is 11.3 Å². The van der Waals surface area contributed by atoms with Gasteiger partial charge < -0.3 is 20.4 Å². The number of alkyl halides is 1. The van der Waals surface area contributed by atoms with Crippen LogP contribution in [0.25, 0.3) is 0 Å². The number of rotatable bonds is 5. The third-order valence-corrected chi connectivity index (χ3v) is 6.94. The van der Waals surface area contributed by atoms with Gasteiger partial charge >= 0.3 is 0 Å². The average molecular weight is 461 g/mol. The molecule has 1 aliphatic heterocycles. The summed E-state index contributed by atoms with van der Waals surface area (Å²) in [6.45, 7) is 8.45. The lowest BCUT2D eigenvalue weighted by atomic mass is 9.65. The molecule has 0 bridgehead atoms. The maximum absolute atomic E-state index is 13.4. The highest BCUT2D eigenvalue weighted by Gasteiger charge is 2.51. The Morgan fingerprint density at radius 2 is 2.00 bits per heavy atom. The van der Waals surface area contributed by atoms with Gasteiger partial charge in [0.15, 0.2) is 0 Å². The maximum atomic E-state index is 13.4. The van der Waals surface area contributed by atoms with Gasteiger partial charge in [-0.05, 0) is 42.5 Å². The maximum Gasteiger partial charge on any atom is 0.252 e. The van der Waals surface area contributed by atoms with Crippen molar-refractivity contribution < 1.29 is 19.8 Å². The molecule has 1 fully saturated rings. The van der Waals surface area contributed by atoms with E-state index in [0.29, 0.717) is 31.5 Å². The van der Waals surface area contributed by atoms with Crippen LogP contribution in [0.3, 0.4) is 0 Å². The van der Waals surface area contributed by atoms with Crippen molar-refractivity contribution in [3.8, 4) is 5.75 Å². The van der Waals surface area contributed by atoms with Gasteiger partial charge in [0.1, 0.15) is 11.8 Å². The zero-order valence-corrected chi connectivity index (χ0v) is 19.9. The van der Waals surface area contributed by atoms with E-state index in [2.05, 4.69) is 5.32 Å². The molecule has 1 unspecified atom stereocenters. The lowest BCUT2D eigenvalue weighted by Crippen LogP contribution is -2.62. The molecule has 0 saturated carbocycles. The molecule has 1 aliphatic carbocycles. The van der Waals surface area contributed by atoms with Crippen molar-refractivity contribution in [3.05, 3.63) is 53.6 Å². The Balaban J connectivity index is 1.75. The number of aliphatic hydroxyl groups is 1. The van der Waals surface area contributed by atoms with Crippen molar-refractivity contribution in [2.24, 2.45) is 11.3 Å². The SMILES string of the molecule is CC(C)[C@@H](NC(=O)c1cccc(O)c1)C(=O)N1CC[C@](O)(C2=CCC(Cl)C=C2)C(C)(C)C1. The second-order valence-electron chi connectivity index (χ2n) is 9.77. The molecule has 7 heteroatoms. The summed E-state index contributed by atoms with van der Waals surface area (Å²) in [4.78, 5) is 27.9. The number of hydrogen-bond donors (Lipinski definition) is 3. The average Bonchev–Trinajstić information content (AvgIpc) is 2.73. The molecule has 1 heterocycles. The number of halogens is 1. The van der Waals surface area contributed by atoms with Crippen LogP contribution in [-0.4, -0.2) is 57.0 Å². The molecule has 32 heavy (non-hydrogen) atoms. The first-order valence-electron chi connectivity index (χ1n) is 11.1. The molecule has 3 rings (SSSR count). The number of piperidine rings is 1. The van der Waals surface area contributed by atoms with Crippen LogP contribution in [0.5, 0.6) is 5.75 Å². The standard InChI is InChI=1S/C25H33ClN2O4/c1-16(2)21(27-22(30)17-6-5-7-20(29)14-17)23(31)28-13-12-25(32,24(3,4)15-28)18-8-10-19(26)11-9-18/h5-10,14,16,19,21,29,32H,11-13,15H2,1-4H3,(H,27,30)/t19?,21-,25+/m1/s1. The summed E-state index contributed by atoms with van der Waals surface area (Å²) in [5, 5.41) is 24.0. The quantitative estimate of drug-likeness (QED) is 0.585. The Morgan fingerprint density at radius 3 is 2.56 bits per heavy atom. The highest BCUT2D eigenvalue weighted by atomic mass is 35.5. The van der Waals surface area contributed by atoms with Gasteiger partial charge in [-0.2, -0.15) is 0 Å². The molecular formula is C25H33ClN2O4. The molecule has 3 atom stereocenters. The second-order valence-corrected chi connectivity index (χ2v) is 10.3. The van der Waals surface area contributed by atoms with Crippen LogP contribution in [-0.2, 0) is 4.79 Å². The predicted octanol–water partition coefficient (Wildman–Crippen LogP) is 3.63. The summed E-state index contributed by atoms with van der Waals surface area (Å²) in [7, 11) is 0. The third-order valence-electron chi connectivity index (χ3n) is 6.61. The van der Waals surface area contributed by atoms with Crippen molar-refractivity contribution in [1.82, 2.24) is 10.2 Å². The number of phenols is 1. The van der Waals surface area contributed by atoms with E-state index < -0.39 is 23.0 Å². The summed E-state index contributed by atoms with van der Waals surface area (Å²) < 4.78 is 0. The number of hydrogen-bond acceptors (Lipinski definition) is 4. The Bertz CT molecular complexity index is 940. The molecule has 0 radical (unpaired) electrons. The molecule has 0 aromatic heterocycles. The number of likely N-dealkylation sites (tertiary alicyclic amines) is 1. The minimum atomic E-state index is -1.06. The van der Waals surface area contributed by atoms with Gasteiger partial charge in [0.2, 0.25) is 5.91 Å². The summed E-state index contributed by atoms with van der Waals surface area (Å²) in [5.41, 5.74) is -0.503. The largest absolute Gasteiger partial charge is 0.508 e. The lowest BCUT2D eigenvalue weighted by Gasteiger charge is -2.52. The zero-order chi connectivity index (χ0) is 23.7. The van der Waals surface area contributed by atoms with Crippen molar-refractivity contribution in [2.45, 2.75) is 57.6 Å². The van der Waals surface area contributed by atoms with Gasteiger partial charge in [-0.3, -0.25) is 9.59 Å². The van der Waals surface area contributed by atoms with E-state index >= 15 is 0 Å². The monoisotopic (exact) mass is 460 g/mol. The van der Waals surface area contributed by atoms with Crippen LogP contribution < -0.4 is 5.32 Å². The number of nitrogens with one attached hydrogen (secondary N) is 1. The van der Waals surface area contributed by atoms with Gasteiger partial charge in [0, 0.05) is 24.1 Å². The second kappa shape index (κ2) is 9.28. The predicted molar refractivity (Wildman–Crippen MR) is 126 cm³/mol. The number of nitrogens with zero attached hydrogens (tertiary/aromatic N) is 1. The van der Waals surface area contributed by atoms with Gasteiger partial charge in [0.25, 0.3) is 5.91 Å². The highest BCUT2D eigenvalue weighted by Crippen LogP contribution is 2.45. The fraction of sp³-hybridized carbons (Fsp3) is 0.520. The van der Waals surface area contributed by atoms with Crippen LogP contribution in [0.1, 0.15) is 50.9 Å². The molecular weight excluding hydrogens is 428 g/mol. The fourth-order valence-corrected chi connectivity index (χ4v) is 4.69.